The molecule has 2 aromatic heterocycles. The summed E-state index contributed by atoms with van der Waals surface area (Å²) in [5, 5.41) is 4.29. The van der Waals surface area contributed by atoms with Gasteiger partial charge in [0.25, 0.3) is 0 Å². The first-order valence-electron chi connectivity index (χ1n) is 10.0. The molecular formula is C21H25N5O2. The standard InChI is InChI=1S/C21H25N5O2/c1-24-13-17(12-23-24)16-10-18-19(11-16)22-5-4-20(18)25-6-8-26(9-7-25)21(27)28-14-15-2-3-15/h4-5,10,12-13,15H,2-3,6-9,11,14H2,1H3. The van der Waals surface area contributed by atoms with E-state index in [0.29, 0.717) is 25.6 Å². The van der Waals surface area contributed by atoms with Crippen molar-refractivity contribution >= 4 is 23.4 Å². The van der Waals surface area contributed by atoms with Crippen LogP contribution in [0.15, 0.2) is 24.7 Å². The van der Waals surface area contributed by atoms with Gasteiger partial charge < -0.3 is 14.5 Å². The fraction of sp³-hybridized carbons (Fsp3) is 0.476. The van der Waals surface area contributed by atoms with E-state index < -0.39 is 0 Å². The van der Waals surface area contributed by atoms with Crippen molar-refractivity contribution in [2.45, 2.75) is 19.3 Å². The number of amides is 1. The van der Waals surface area contributed by atoms with Crippen LogP contribution in [-0.4, -0.2) is 58.5 Å². The second kappa shape index (κ2) is 6.96. The molecule has 3 aliphatic rings. The lowest BCUT2D eigenvalue weighted by atomic mass is 10.1. The normalized spacial score (nSPS) is 18.8. The summed E-state index contributed by atoms with van der Waals surface area (Å²) in [7, 11) is 1.94. The van der Waals surface area contributed by atoms with Crippen LogP contribution in [0, 0.1) is 5.92 Å². The van der Waals surface area contributed by atoms with Crippen LogP contribution in [0.1, 0.15) is 29.7 Å². The molecule has 5 rings (SSSR count). The summed E-state index contributed by atoms with van der Waals surface area (Å²) in [6.45, 7) is 3.59. The topological polar surface area (TPSA) is 63.5 Å². The molecule has 146 valence electrons. The second-order valence-corrected chi connectivity index (χ2v) is 7.93. The minimum atomic E-state index is -0.162. The van der Waals surface area contributed by atoms with Crippen LogP contribution in [0.25, 0.3) is 11.6 Å². The fourth-order valence-corrected chi connectivity index (χ4v) is 3.95. The van der Waals surface area contributed by atoms with Crippen LogP contribution >= 0.6 is 0 Å². The number of nitrogens with zero attached hydrogens (tertiary/aromatic N) is 5. The third kappa shape index (κ3) is 3.37. The quantitative estimate of drug-likeness (QED) is 0.817. The molecule has 1 saturated heterocycles. The number of carbonyl (C=O) groups is 1. The van der Waals surface area contributed by atoms with Gasteiger partial charge in [0.05, 0.1) is 18.5 Å². The van der Waals surface area contributed by atoms with Crippen molar-refractivity contribution in [3.8, 4) is 0 Å². The van der Waals surface area contributed by atoms with Gasteiger partial charge >= 0.3 is 6.09 Å². The van der Waals surface area contributed by atoms with Gasteiger partial charge in [0.2, 0.25) is 0 Å². The first kappa shape index (κ1) is 17.3. The van der Waals surface area contributed by atoms with Crippen LogP contribution in [0.5, 0.6) is 0 Å². The van der Waals surface area contributed by atoms with E-state index in [0.717, 1.165) is 30.8 Å². The zero-order valence-electron chi connectivity index (χ0n) is 16.2. The number of fused-ring (bicyclic) bond motifs is 1. The molecule has 0 aromatic carbocycles. The van der Waals surface area contributed by atoms with E-state index in [4.69, 9.17) is 4.74 Å². The molecule has 28 heavy (non-hydrogen) atoms. The van der Waals surface area contributed by atoms with Crippen molar-refractivity contribution in [2.75, 3.05) is 37.7 Å². The van der Waals surface area contributed by atoms with Crippen molar-refractivity contribution in [2.24, 2.45) is 13.0 Å². The molecule has 3 heterocycles. The lowest BCUT2D eigenvalue weighted by Crippen LogP contribution is -2.49. The Morgan fingerprint density at radius 1 is 1.25 bits per heavy atom. The highest BCUT2D eigenvalue weighted by Gasteiger charge is 2.28. The van der Waals surface area contributed by atoms with Gasteiger partial charge in [0, 0.05) is 68.9 Å². The SMILES string of the molecule is Cn1cc(C2=Cc3c(N4CCN(C(=O)OCC5CC5)CC4)ccnc3C2)cn1. The zero-order chi connectivity index (χ0) is 19.1. The molecule has 0 radical (unpaired) electrons. The van der Waals surface area contributed by atoms with Gasteiger partial charge in [-0.3, -0.25) is 9.67 Å². The number of pyridine rings is 1. The number of carbonyl (C=O) groups excluding carboxylic acids is 1. The highest BCUT2D eigenvalue weighted by Crippen LogP contribution is 2.36. The highest BCUT2D eigenvalue weighted by molar-refractivity contribution is 5.91. The Morgan fingerprint density at radius 2 is 2.07 bits per heavy atom. The van der Waals surface area contributed by atoms with E-state index in [-0.39, 0.29) is 6.09 Å². The van der Waals surface area contributed by atoms with Gasteiger partial charge in [-0.25, -0.2) is 4.79 Å². The number of aryl methyl sites for hydroxylation is 1. The summed E-state index contributed by atoms with van der Waals surface area (Å²) in [6.07, 6.45) is 11.2. The van der Waals surface area contributed by atoms with E-state index >= 15 is 0 Å². The monoisotopic (exact) mass is 379 g/mol. The van der Waals surface area contributed by atoms with Crippen molar-refractivity contribution in [3.05, 3.63) is 41.5 Å². The molecular weight excluding hydrogens is 354 g/mol. The van der Waals surface area contributed by atoms with Crippen LogP contribution in [0.2, 0.25) is 0 Å². The number of hydrogen-bond acceptors (Lipinski definition) is 5. The third-order valence-electron chi connectivity index (χ3n) is 5.82. The third-order valence-corrected chi connectivity index (χ3v) is 5.82. The summed E-state index contributed by atoms with van der Waals surface area (Å²) in [6, 6.07) is 2.09. The van der Waals surface area contributed by atoms with E-state index in [1.54, 1.807) is 0 Å². The maximum absolute atomic E-state index is 12.2. The summed E-state index contributed by atoms with van der Waals surface area (Å²) in [5.74, 6) is 0.602. The molecule has 2 fully saturated rings. The Morgan fingerprint density at radius 3 is 2.79 bits per heavy atom. The van der Waals surface area contributed by atoms with E-state index in [2.05, 4.69) is 27.1 Å². The van der Waals surface area contributed by atoms with Gasteiger partial charge in [-0.2, -0.15) is 5.10 Å². The first-order valence-corrected chi connectivity index (χ1v) is 10.0. The highest BCUT2D eigenvalue weighted by atomic mass is 16.6. The minimum Gasteiger partial charge on any atom is -0.449 e. The summed E-state index contributed by atoms with van der Waals surface area (Å²) in [5.41, 5.74) is 5.92. The van der Waals surface area contributed by atoms with Crippen LogP contribution < -0.4 is 4.90 Å². The zero-order valence-corrected chi connectivity index (χ0v) is 16.2. The van der Waals surface area contributed by atoms with Crippen molar-refractivity contribution < 1.29 is 9.53 Å². The maximum Gasteiger partial charge on any atom is 0.409 e. The van der Waals surface area contributed by atoms with Crippen LogP contribution in [-0.2, 0) is 18.2 Å². The number of aromatic nitrogens is 3. The van der Waals surface area contributed by atoms with Crippen molar-refractivity contribution in [1.82, 2.24) is 19.7 Å². The molecule has 0 N–H and O–H groups in total. The molecule has 0 unspecified atom stereocenters. The molecule has 7 heteroatoms. The predicted octanol–water partition coefficient (Wildman–Crippen LogP) is 2.58. The molecule has 1 amide bonds. The lowest BCUT2D eigenvalue weighted by molar-refractivity contribution is 0.0961. The number of ether oxygens (including phenoxy) is 1. The second-order valence-electron chi connectivity index (χ2n) is 7.93. The van der Waals surface area contributed by atoms with Crippen molar-refractivity contribution in [1.29, 1.82) is 0 Å². The van der Waals surface area contributed by atoms with E-state index in [1.807, 2.05) is 35.2 Å². The molecule has 0 spiro atoms. The number of allylic oxidation sites excluding steroid dienone is 1. The average Bonchev–Trinajstić information content (AvgIpc) is 3.28. The number of anilines is 1. The van der Waals surface area contributed by atoms with Gasteiger partial charge in [-0.1, -0.05) is 0 Å². The Balaban J connectivity index is 1.27. The molecule has 1 saturated carbocycles. The number of hydrogen-bond donors (Lipinski definition) is 0. The Labute approximate surface area is 164 Å². The van der Waals surface area contributed by atoms with Crippen LogP contribution in [0.3, 0.4) is 0 Å². The first-order chi connectivity index (χ1) is 13.7. The van der Waals surface area contributed by atoms with Gasteiger partial charge in [0.15, 0.2) is 0 Å². The molecule has 2 aliphatic carbocycles. The molecule has 0 bridgehead atoms. The largest absolute Gasteiger partial charge is 0.449 e. The van der Waals surface area contributed by atoms with E-state index in [9.17, 15) is 4.79 Å². The molecule has 1 aliphatic heterocycles. The smallest absolute Gasteiger partial charge is 0.409 e. The van der Waals surface area contributed by atoms with Crippen LogP contribution in [0.4, 0.5) is 10.5 Å². The lowest BCUT2D eigenvalue weighted by Gasteiger charge is -2.36. The van der Waals surface area contributed by atoms with E-state index in [1.165, 1.54) is 29.7 Å². The molecule has 7 nitrogen and oxygen atoms in total. The summed E-state index contributed by atoms with van der Waals surface area (Å²) in [4.78, 5) is 21.0. The average molecular weight is 379 g/mol. The number of piperazine rings is 1. The Kier molecular flexibility index (Phi) is 4.30. The Hall–Kier alpha value is -2.83. The summed E-state index contributed by atoms with van der Waals surface area (Å²) >= 11 is 0. The maximum atomic E-state index is 12.2. The minimum absolute atomic E-state index is 0.162. The van der Waals surface area contributed by atoms with Crippen molar-refractivity contribution in [3.63, 3.8) is 0 Å². The number of rotatable bonds is 4. The fourth-order valence-electron chi connectivity index (χ4n) is 3.95. The summed E-state index contributed by atoms with van der Waals surface area (Å²) < 4.78 is 7.25. The molecule has 0 atom stereocenters. The Bertz CT molecular complexity index is 923. The van der Waals surface area contributed by atoms with Gasteiger partial charge in [0.1, 0.15) is 0 Å². The van der Waals surface area contributed by atoms with Gasteiger partial charge in [-0.15, -0.1) is 0 Å². The van der Waals surface area contributed by atoms with Gasteiger partial charge in [-0.05, 0) is 36.5 Å². The molecule has 2 aromatic rings. The predicted molar refractivity (Wildman–Crippen MR) is 107 cm³/mol.